The summed E-state index contributed by atoms with van der Waals surface area (Å²) in [6.07, 6.45) is 1.84. The number of halogens is 1. The maximum absolute atomic E-state index is 13.6. The molecule has 0 saturated heterocycles. The molecule has 2 N–H and O–H groups in total. The Bertz CT molecular complexity index is 1830. The molecule has 1 aliphatic rings. The number of nitrogens with zero attached hydrogens (tertiary/aromatic N) is 7. The Morgan fingerprint density at radius 2 is 1.98 bits per heavy atom. The van der Waals surface area contributed by atoms with Gasteiger partial charge in [-0.15, -0.1) is 5.10 Å². The van der Waals surface area contributed by atoms with E-state index in [9.17, 15) is 14.7 Å². The number of rotatable bonds is 9. The first kappa shape index (κ1) is 28.3. The first-order valence-corrected chi connectivity index (χ1v) is 14.3. The number of hydrogen-bond donors (Lipinski definition) is 2. The van der Waals surface area contributed by atoms with Gasteiger partial charge in [0.25, 0.3) is 5.56 Å². The molecule has 3 aromatic heterocycles. The topological polar surface area (TPSA) is 144 Å². The van der Waals surface area contributed by atoms with E-state index in [2.05, 4.69) is 25.5 Å². The molecule has 13 heteroatoms. The highest BCUT2D eigenvalue weighted by atomic mass is 35.5. The van der Waals surface area contributed by atoms with Crippen molar-refractivity contribution in [3.63, 3.8) is 0 Å². The van der Waals surface area contributed by atoms with Crippen molar-refractivity contribution in [1.29, 1.82) is 0 Å². The number of amides is 1. The first-order valence-electron chi connectivity index (χ1n) is 13.9. The number of hydrogen-bond acceptors (Lipinski definition) is 7. The van der Waals surface area contributed by atoms with Gasteiger partial charge in [-0.25, -0.2) is 9.78 Å². The molecule has 1 amide bonds. The van der Waals surface area contributed by atoms with Crippen LogP contribution in [0.3, 0.4) is 0 Å². The molecule has 0 radical (unpaired) electrons. The molecule has 0 spiro atoms. The molecule has 0 unspecified atom stereocenters. The molecule has 43 heavy (non-hydrogen) atoms. The molecule has 2 aromatic carbocycles. The number of imidazole rings is 1. The van der Waals surface area contributed by atoms with Crippen LogP contribution in [-0.4, -0.2) is 65.7 Å². The average molecular weight is 601 g/mol. The van der Waals surface area contributed by atoms with Gasteiger partial charge in [0, 0.05) is 35.2 Å². The van der Waals surface area contributed by atoms with E-state index in [1.54, 1.807) is 39.6 Å². The number of benzene rings is 2. The molecular weight excluding hydrogens is 572 g/mol. The van der Waals surface area contributed by atoms with Gasteiger partial charge in [-0.2, -0.15) is 4.68 Å². The molecule has 12 nitrogen and oxygen atoms in total. The summed E-state index contributed by atoms with van der Waals surface area (Å²) in [5.74, 6) is 0.589. The maximum Gasteiger partial charge on any atom is 0.411 e. The van der Waals surface area contributed by atoms with Crippen molar-refractivity contribution < 1.29 is 14.6 Å². The van der Waals surface area contributed by atoms with Crippen molar-refractivity contribution in [2.24, 2.45) is 0 Å². The summed E-state index contributed by atoms with van der Waals surface area (Å²) in [6.45, 7) is 4.90. The number of aromatic nitrogens is 7. The fourth-order valence-electron chi connectivity index (χ4n) is 5.52. The summed E-state index contributed by atoms with van der Waals surface area (Å²) in [5.41, 5.74) is 6.12. The van der Waals surface area contributed by atoms with Gasteiger partial charge in [0.2, 0.25) is 0 Å². The standard InChI is InChI=1S/C30H29ClN8O4/c1-3-43-13-12-37(30(41)42)21-7-5-19(6-8-21)27-28(31)34-29(33-27)25-11-9-22-15-20(16-26(40)39(22)25)23-14-18(2)4-10-24(23)38-17-32-35-36-38/h4-8,10,14-17,25H,3,9,11-13H2,1-2H3,(H,33,34)(H,41,42)/t25-/m0/s1. The quantitative estimate of drug-likeness (QED) is 0.227. The highest BCUT2D eigenvalue weighted by Crippen LogP contribution is 2.36. The Labute approximate surface area is 251 Å². The Kier molecular flexibility index (Phi) is 7.78. The predicted molar refractivity (Wildman–Crippen MR) is 161 cm³/mol. The van der Waals surface area contributed by atoms with E-state index < -0.39 is 6.09 Å². The molecule has 0 aliphatic carbocycles. The number of aryl methyl sites for hydroxylation is 2. The van der Waals surface area contributed by atoms with Gasteiger partial charge in [-0.1, -0.05) is 35.4 Å². The highest BCUT2D eigenvalue weighted by molar-refractivity contribution is 6.31. The van der Waals surface area contributed by atoms with Crippen molar-refractivity contribution in [3.8, 4) is 28.1 Å². The second-order valence-corrected chi connectivity index (χ2v) is 10.6. The van der Waals surface area contributed by atoms with Crippen LogP contribution >= 0.6 is 11.6 Å². The van der Waals surface area contributed by atoms with E-state index in [0.29, 0.717) is 43.3 Å². The fourth-order valence-corrected chi connectivity index (χ4v) is 5.77. The van der Waals surface area contributed by atoms with Crippen molar-refractivity contribution in [1.82, 2.24) is 34.7 Å². The molecule has 220 valence electrons. The highest BCUT2D eigenvalue weighted by Gasteiger charge is 2.29. The monoisotopic (exact) mass is 600 g/mol. The third kappa shape index (κ3) is 5.54. The zero-order chi connectivity index (χ0) is 30.1. The molecule has 1 aliphatic heterocycles. The fraction of sp³-hybridized carbons (Fsp3) is 0.267. The van der Waals surface area contributed by atoms with Crippen LogP contribution in [0.5, 0.6) is 0 Å². The van der Waals surface area contributed by atoms with Crippen LogP contribution in [-0.2, 0) is 11.2 Å². The second-order valence-electron chi connectivity index (χ2n) is 10.2. The minimum atomic E-state index is -1.06. The largest absolute Gasteiger partial charge is 0.465 e. The van der Waals surface area contributed by atoms with Crippen LogP contribution in [0.2, 0.25) is 5.15 Å². The van der Waals surface area contributed by atoms with Crippen LogP contribution in [0.25, 0.3) is 28.1 Å². The molecule has 0 saturated carbocycles. The molecule has 5 aromatic rings. The number of carboxylic acid groups (broad SMARTS) is 1. The Hall–Kier alpha value is -4.81. The number of tetrazole rings is 1. The zero-order valence-electron chi connectivity index (χ0n) is 23.6. The lowest BCUT2D eigenvalue weighted by Crippen LogP contribution is -2.32. The van der Waals surface area contributed by atoms with Gasteiger partial charge in [0.05, 0.1) is 30.6 Å². The van der Waals surface area contributed by atoms with Gasteiger partial charge in [0.1, 0.15) is 12.2 Å². The molecule has 0 fully saturated rings. The SMILES string of the molecule is CCOCCN(C(=O)O)c1ccc(-c2[nH]c([C@@H]3CCc4cc(-c5cc(C)ccc5-n5cnnn5)cc(=O)n43)nc2Cl)cc1. The number of fused-ring (bicyclic) bond motifs is 1. The smallest absolute Gasteiger partial charge is 0.411 e. The normalized spacial score (nSPS) is 14.2. The summed E-state index contributed by atoms with van der Waals surface area (Å²) >= 11 is 6.58. The maximum atomic E-state index is 13.6. The number of carbonyl (C=O) groups is 1. The number of anilines is 1. The van der Waals surface area contributed by atoms with E-state index >= 15 is 0 Å². The Morgan fingerprint density at radius 1 is 1.16 bits per heavy atom. The minimum absolute atomic E-state index is 0.140. The molecule has 1 atom stereocenters. The van der Waals surface area contributed by atoms with E-state index in [-0.39, 0.29) is 23.3 Å². The lowest BCUT2D eigenvalue weighted by molar-refractivity contribution is 0.150. The van der Waals surface area contributed by atoms with E-state index in [0.717, 1.165) is 33.6 Å². The van der Waals surface area contributed by atoms with Crippen molar-refractivity contribution in [2.75, 3.05) is 24.7 Å². The molecular formula is C30H29ClN8O4. The third-order valence-corrected chi connectivity index (χ3v) is 7.82. The first-order chi connectivity index (χ1) is 20.8. The third-order valence-electron chi connectivity index (χ3n) is 7.55. The van der Waals surface area contributed by atoms with Crippen LogP contribution < -0.4 is 10.5 Å². The summed E-state index contributed by atoms with van der Waals surface area (Å²) in [5, 5.41) is 21.4. The summed E-state index contributed by atoms with van der Waals surface area (Å²) in [4.78, 5) is 34.5. The number of nitrogens with one attached hydrogen (secondary N) is 1. The van der Waals surface area contributed by atoms with Crippen molar-refractivity contribution in [2.45, 2.75) is 32.7 Å². The lowest BCUT2D eigenvalue weighted by Gasteiger charge is -2.19. The van der Waals surface area contributed by atoms with Crippen LogP contribution in [0.15, 0.2) is 65.7 Å². The van der Waals surface area contributed by atoms with E-state index in [4.69, 9.17) is 16.3 Å². The average Bonchev–Trinajstić information content (AvgIpc) is 3.76. The Morgan fingerprint density at radius 3 is 2.70 bits per heavy atom. The van der Waals surface area contributed by atoms with Gasteiger partial charge >= 0.3 is 6.09 Å². The lowest BCUT2D eigenvalue weighted by atomic mass is 10.0. The van der Waals surface area contributed by atoms with Crippen molar-refractivity contribution in [3.05, 3.63) is 93.5 Å². The van der Waals surface area contributed by atoms with E-state index in [1.165, 1.54) is 11.2 Å². The molecule has 4 heterocycles. The number of aromatic amines is 1. The summed E-state index contributed by atoms with van der Waals surface area (Å²) < 4.78 is 8.67. The van der Waals surface area contributed by atoms with Gasteiger partial charge < -0.3 is 19.4 Å². The second kappa shape index (κ2) is 11.8. The minimum Gasteiger partial charge on any atom is -0.465 e. The van der Waals surface area contributed by atoms with Crippen LogP contribution in [0.1, 0.15) is 36.5 Å². The summed E-state index contributed by atoms with van der Waals surface area (Å²) in [6, 6.07) is 16.3. The number of H-pyrrole nitrogens is 1. The van der Waals surface area contributed by atoms with Gasteiger partial charge in [0.15, 0.2) is 5.15 Å². The van der Waals surface area contributed by atoms with Crippen molar-refractivity contribution >= 4 is 23.4 Å². The Balaban J connectivity index is 1.29. The zero-order valence-corrected chi connectivity index (χ0v) is 24.3. The summed E-state index contributed by atoms with van der Waals surface area (Å²) in [7, 11) is 0. The van der Waals surface area contributed by atoms with Crippen LogP contribution in [0.4, 0.5) is 10.5 Å². The van der Waals surface area contributed by atoms with Crippen LogP contribution in [0, 0.1) is 6.92 Å². The van der Waals surface area contributed by atoms with Gasteiger partial charge in [-0.05, 0) is 73.0 Å². The van der Waals surface area contributed by atoms with Gasteiger partial charge in [-0.3, -0.25) is 9.69 Å². The number of ether oxygens (including phenoxy) is 1. The van der Waals surface area contributed by atoms with E-state index in [1.807, 2.05) is 38.1 Å². The molecule has 0 bridgehead atoms. The number of pyridine rings is 1. The predicted octanol–water partition coefficient (Wildman–Crippen LogP) is 4.90. The molecule has 6 rings (SSSR count).